The molecule has 0 fully saturated rings. The van der Waals surface area contributed by atoms with E-state index in [9.17, 15) is 28.9 Å². The van der Waals surface area contributed by atoms with Gasteiger partial charge in [-0.25, -0.2) is 4.57 Å². The molecule has 0 heterocycles. The first-order valence-corrected chi connectivity index (χ1v) is 30.9. The Kier molecular flexibility index (Phi) is 54.0. The zero-order valence-corrected chi connectivity index (χ0v) is 48.6. The van der Waals surface area contributed by atoms with Crippen LogP contribution in [0.1, 0.15) is 226 Å². The molecule has 0 aliphatic rings. The van der Waals surface area contributed by atoms with Crippen molar-refractivity contribution in [2.45, 2.75) is 238 Å². The summed E-state index contributed by atoms with van der Waals surface area (Å²) in [6, 6.07) is 0. The minimum Gasteiger partial charge on any atom is -0.462 e. The number of unbranched alkanes of at least 4 members (excludes halogenated alkanes) is 16. The molecule has 76 heavy (non-hydrogen) atoms. The Morgan fingerprint density at radius 2 is 0.737 bits per heavy atom. The molecule has 0 aromatic rings. The van der Waals surface area contributed by atoms with Gasteiger partial charge in [-0.2, -0.15) is 0 Å². The molecule has 0 aliphatic heterocycles. The van der Waals surface area contributed by atoms with Crippen LogP contribution in [0.2, 0.25) is 0 Å². The molecule has 0 aliphatic carbocycles. The third-order valence-electron chi connectivity index (χ3n) is 11.8. The van der Waals surface area contributed by atoms with Gasteiger partial charge in [0.25, 0.3) is 0 Å². The number of phosphoric ester groups is 1. The fourth-order valence-electron chi connectivity index (χ4n) is 7.39. The van der Waals surface area contributed by atoms with E-state index in [1.54, 1.807) is 0 Å². The van der Waals surface area contributed by atoms with Gasteiger partial charge in [0.15, 0.2) is 6.10 Å². The van der Waals surface area contributed by atoms with Crippen molar-refractivity contribution >= 4 is 25.7 Å². The number of esters is 3. The van der Waals surface area contributed by atoms with E-state index in [-0.39, 0.29) is 25.9 Å². The van der Waals surface area contributed by atoms with Crippen LogP contribution in [0.4, 0.5) is 0 Å². The largest absolute Gasteiger partial charge is 0.472 e. The average Bonchev–Trinajstić information content (AvgIpc) is 3.41. The van der Waals surface area contributed by atoms with E-state index < -0.39 is 57.8 Å². The maximum absolute atomic E-state index is 12.9. The van der Waals surface area contributed by atoms with Crippen molar-refractivity contribution in [3.63, 3.8) is 0 Å². The summed E-state index contributed by atoms with van der Waals surface area (Å²) in [5.41, 5.74) is 0. The Bertz CT molecular complexity index is 1740. The summed E-state index contributed by atoms with van der Waals surface area (Å²) < 4.78 is 39.4. The van der Waals surface area contributed by atoms with Gasteiger partial charge < -0.3 is 24.2 Å². The normalized spacial score (nSPS) is 14.2. The van der Waals surface area contributed by atoms with Crippen molar-refractivity contribution < 1.29 is 52.2 Å². The van der Waals surface area contributed by atoms with Crippen molar-refractivity contribution in [1.82, 2.24) is 0 Å². The highest BCUT2D eigenvalue weighted by Crippen LogP contribution is 2.43. The molecule has 0 spiro atoms. The molecule has 0 amide bonds. The lowest BCUT2D eigenvalue weighted by Crippen LogP contribution is -2.30. The van der Waals surface area contributed by atoms with E-state index in [1.807, 2.05) is 12.2 Å². The monoisotopic (exact) mass is 1080 g/mol. The number of rotatable bonds is 53. The third kappa shape index (κ3) is 54.7. The molecular weight excluding hydrogens is 976 g/mol. The van der Waals surface area contributed by atoms with Crippen molar-refractivity contribution in [2.24, 2.45) is 0 Å². The average molecular weight is 1080 g/mol. The van der Waals surface area contributed by atoms with Crippen LogP contribution >= 0.6 is 7.82 Å². The molecule has 432 valence electrons. The van der Waals surface area contributed by atoms with Crippen molar-refractivity contribution in [2.75, 3.05) is 26.4 Å². The molecule has 0 aromatic heterocycles. The van der Waals surface area contributed by atoms with E-state index >= 15 is 0 Å². The first-order valence-electron chi connectivity index (χ1n) is 29.4. The van der Waals surface area contributed by atoms with Gasteiger partial charge in [0, 0.05) is 19.3 Å². The minimum atomic E-state index is -4.78. The molecule has 2 N–H and O–H groups in total. The fourth-order valence-corrected chi connectivity index (χ4v) is 8.17. The Labute approximate surface area is 462 Å². The summed E-state index contributed by atoms with van der Waals surface area (Å²) in [7, 11) is -4.78. The van der Waals surface area contributed by atoms with Gasteiger partial charge in [0.05, 0.1) is 19.8 Å². The van der Waals surface area contributed by atoms with E-state index in [4.69, 9.17) is 23.3 Å². The van der Waals surface area contributed by atoms with Gasteiger partial charge in [-0.1, -0.05) is 213 Å². The zero-order chi connectivity index (χ0) is 55.5. The highest BCUT2D eigenvalue weighted by Gasteiger charge is 2.28. The lowest BCUT2D eigenvalue weighted by molar-refractivity contribution is -0.161. The first kappa shape index (κ1) is 71.9. The second-order valence-corrected chi connectivity index (χ2v) is 20.5. The molecular formula is C64H105O11P. The maximum Gasteiger partial charge on any atom is 0.472 e. The Balaban J connectivity index is 4.88. The molecule has 0 radical (unpaired) electrons. The van der Waals surface area contributed by atoms with E-state index in [0.29, 0.717) is 25.7 Å². The van der Waals surface area contributed by atoms with Gasteiger partial charge in [0.1, 0.15) is 12.7 Å². The number of aliphatic hydroxyl groups is 1. The van der Waals surface area contributed by atoms with Crippen LogP contribution in [0.5, 0.6) is 0 Å². The molecule has 3 unspecified atom stereocenters. The highest BCUT2D eigenvalue weighted by atomic mass is 31.2. The number of hydrogen-bond acceptors (Lipinski definition) is 10. The topological polar surface area (TPSA) is 155 Å². The van der Waals surface area contributed by atoms with Gasteiger partial charge >= 0.3 is 25.7 Å². The molecule has 3 atom stereocenters. The predicted molar refractivity (Wildman–Crippen MR) is 316 cm³/mol. The van der Waals surface area contributed by atoms with Crippen LogP contribution in [-0.4, -0.2) is 66.5 Å². The third-order valence-corrected chi connectivity index (χ3v) is 12.8. The summed E-state index contributed by atoms with van der Waals surface area (Å²) in [5, 5.41) is 9.81. The van der Waals surface area contributed by atoms with Crippen LogP contribution in [0.25, 0.3) is 0 Å². The second kappa shape index (κ2) is 57.1. The fraction of sp³-hybridized carbons (Fsp3) is 0.641. The summed E-state index contributed by atoms with van der Waals surface area (Å²) in [4.78, 5) is 48.5. The molecule has 12 heteroatoms. The van der Waals surface area contributed by atoms with Gasteiger partial charge in [-0.3, -0.25) is 23.4 Å². The summed E-state index contributed by atoms with van der Waals surface area (Å²) in [5.74, 6) is -1.60. The van der Waals surface area contributed by atoms with Gasteiger partial charge in [0.2, 0.25) is 0 Å². The Morgan fingerprint density at radius 1 is 0.382 bits per heavy atom. The molecule has 0 saturated carbocycles. The summed E-state index contributed by atoms with van der Waals surface area (Å²) in [6.45, 7) is 4.32. The second-order valence-electron chi connectivity index (χ2n) is 19.1. The summed E-state index contributed by atoms with van der Waals surface area (Å²) in [6.07, 6.45) is 70.2. The molecule has 0 aromatic carbocycles. The quantitative estimate of drug-likeness (QED) is 0.0197. The molecule has 11 nitrogen and oxygen atoms in total. The van der Waals surface area contributed by atoms with Crippen LogP contribution in [0, 0.1) is 0 Å². The number of phosphoric acid groups is 1. The van der Waals surface area contributed by atoms with E-state index in [1.165, 1.54) is 38.5 Å². The Morgan fingerprint density at radius 3 is 1.18 bits per heavy atom. The SMILES string of the molecule is CC/C=C\C/C=C\C/C=C\C/C=C\C/C=C\C/C=C\CCC(=O)OC(COC(=O)CCCCCCCCC/C=C\C/C=C\CCCCC)COP(=O)(O)OCC(CO)OC(=O)CCCCCCC/C=C\C/C=C\CCC. The minimum absolute atomic E-state index is 0.0338. The molecule has 0 rings (SSSR count). The van der Waals surface area contributed by atoms with Gasteiger partial charge in [-0.05, 0) is 116 Å². The lowest BCUT2D eigenvalue weighted by atomic mass is 10.1. The number of allylic oxidation sites excluding steroid dienone is 20. The number of aliphatic hydroxyl groups excluding tert-OH is 1. The molecule has 0 bridgehead atoms. The molecule has 0 saturated heterocycles. The van der Waals surface area contributed by atoms with Crippen LogP contribution < -0.4 is 0 Å². The van der Waals surface area contributed by atoms with Crippen molar-refractivity contribution in [3.05, 3.63) is 122 Å². The standard InChI is InChI=1S/C64H105O11P/c1-4-7-10-13-16-19-22-25-27-29-30-32-34-37-40-43-46-49-52-55-64(68)75-61(57-71-62(66)53-50-47-44-41-38-36-33-31-28-26-23-20-17-14-11-8-5-2)59-73-76(69,70)72-58-60(56-65)74-63(67)54-51-48-45-42-39-35-24-21-18-15-12-9-6-3/h7,10,12,15-17,19-21,24-28,30,32,37,40,46,49,60-61,65H,4-6,8-9,11,13-14,18,22-23,29,31,33-36,38-39,41-45,47-48,50-59H2,1-3H3,(H,69,70)/b10-7-,15-12-,19-16-,20-17-,24-21-,27-25-,28-26-,32-30-,40-37-,49-46-. The number of hydrogen-bond donors (Lipinski definition) is 2. The Hall–Kier alpha value is -4.12. The van der Waals surface area contributed by atoms with Gasteiger partial charge in [-0.15, -0.1) is 0 Å². The van der Waals surface area contributed by atoms with Crippen molar-refractivity contribution in [1.29, 1.82) is 0 Å². The summed E-state index contributed by atoms with van der Waals surface area (Å²) >= 11 is 0. The van der Waals surface area contributed by atoms with Crippen LogP contribution in [-0.2, 0) is 42.2 Å². The maximum atomic E-state index is 12.9. The predicted octanol–water partition coefficient (Wildman–Crippen LogP) is 17.6. The van der Waals surface area contributed by atoms with Crippen LogP contribution in [0.15, 0.2) is 122 Å². The van der Waals surface area contributed by atoms with Crippen LogP contribution in [0.3, 0.4) is 0 Å². The lowest BCUT2D eigenvalue weighted by Gasteiger charge is -2.21. The number of carbonyl (C=O) groups is 3. The first-order chi connectivity index (χ1) is 37.2. The van der Waals surface area contributed by atoms with Crippen molar-refractivity contribution in [3.8, 4) is 0 Å². The zero-order valence-electron chi connectivity index (χ0n) is 47.7. The number of ether oxygens (including phenoxy) is 3. The van der Waals surface area contributed by atoms with E-state index in [2.05, 4.69) is 130 Å². The smallest absolute Gasteiger partial charge is 0.462 e. The van der Waals surface area contributed by atoms with E-state index in [0.717, 1.165) is 122 Å². The highest BCUT2D eigenvalue weighted by molar-refractivity contribution is 7.47. The number of carbonyl (C=O) groups excluding carboxylic acids is 3.